The molecule has 0 aliphatic heterocycles. The van der Waals surface area contributed by atoms with Crippen LogP contribution < -0.4 is 15.8 Å². The van der Waals surface area contributed by atoms with Crippen molar-refractivity contribution in [3.63, 3.8) is 0 Å². The van der Waals surface area contributed by atoms with Gasteiger partial charge in [-0.05, 0) is 73.9 Å². The monoisotopic (exact) mass is 423 g/mol. The van der Waals surface area contributed by atoms with Crippen LogP contribution in [0.15, 0.2) is 48.8 Å². The van der Waals surface area contributed by atoms with Crippen molar-refractivity contribution in [2.45, 2.75) is 38.1 Å². The Hall–Kier alpha value is -1.82. The summed E-state index contributed by atoms with van der Waals surface area (Å²) < 4.78 is 5.75. The molecule has 7 heteroatoms. The molecule has 5 nitrogen and oxygen atoms in total. The molecule has 1 aromatic heterocycles. The largest absolute Gasteiger partial charge is 0.457 e. The normalized spacial score (nSPS) is 25.6. The van der Waals surface area contributed by atoms with E-state index in [1.54, 1.807) is 24.5 Å². The number of ether oxygens (including phenoxy) is 1. The van der Waals surface area contributed by atoms with E-state index in [-0.39, 0.29) is 42.7 Å². The molecule has 28 heavy (non-hydrogen) atoms. The van der Waals surface area contributed by atoms with Gasteiger partial charge in [-0.2, -0.15) is 0 Å². The minimum Gasteiger partial charge on any atom is -0.457 e. The molecular formula is C21H27Cl2N3O2. The lowest BCUT2D eigenvalue weighted by molar-refractivity contribution is -0.122. The smallest absolute Gasteiger partial charge is 0.227 e. The summed E-state index contributed by atoms with van der Waals surface area (Å²) in [6.07, 6.45) is 8.82. The van der Waals surface area contributed by atoms with Crippen molar-refractivity contribution in [3.05, 3.63) is 48.8 Å². The van der Waals surface area contributed by atoms with Crippen LogP contribution in [0.25, 0.3) is 0 Å². The molecule has 1 amide bonds. The Morgan fingerprint density at radius 2 is 1.54 bits per heavy atom. The molecule has 0 saturated heterocycles. The van der Waals surface area contributed by atoms with Gasteiger partial charge < -0.3 is 15.8 Å². The van der Waals surface area contributed by atoms with Crippen LogP contribution in [0, 0.1) is 17.8 Å². The highest BCUT2D eigenvalue weighted by Gasteiger charge is 2.40. The second kappa shape index (κ2) is 10.1. The van der Waals surface area contributed by atoms with Crippen LogP contribution in [0.3, 0.4) is 0 Å². The van der Waals surface area contributed by atoms with Gasteiger partial charge in [0, 0.05) is 30.0 Å². The van der Waals surface area contributed by atoms with E-state index in [1.165, 1.54) is 19.3 Å². The Bertz CT molecular complexity index is 744. The van der Waals surface area contributed by atoms with Crippen molar-refractivity contribution in [2.75, 3.05) is 5.32 Å². The first kappa shape index (κ1) is 22.5. The highest BCUT2D eigenvalue weighted by Crippen LogP contribution is 2.42. The number of nitrogens with two attached hydrogens (primary N) is 1. The molecule has 4 rings (SSSR count). The van der Waals surface area contributed by atoms with E-state index in [2.05, 4.69) is 10.3 Å². The maximum Gasteiger partial charge on any atom is 0.227 e. The number of carbonyl (C=O) groups is 1. The van der Waals surface area contributed by atoms with Gasteiger partial charge in [0.2, 0.25) is 5.91 Å². The number of nitrogens with one attached hydrogen (secondary N) is 1. The quantitative estimate of drug-likeness (QED) is 0.739. The van der Waals surface area contributed by atoms with Crippen molar-refractivity contribution >= 4 is 36.4 Å². The van der Waals surface area contributed by atoms with Crippen LogP contribution in [0.2, 0.25) is 0 Å². The number of anilines is 1. The van der Waals surface area contributed by atoms with E-state index in [0.717, 1.165) is 30.0 Å². The van der Waals surface area contributed by atoms with Crippen LogP contribution in [-0.2, 0) is 4.79 Å². The zero-order valence-corrected chi connectivity index (χ0v) is 17.3. The van der Waals surface area contributed by atoms with Crippen molar-refractivity contribution in [2.24, 2.45) is 23.5 Å². The molecule has 2 saturated carbocycles. The predicted molar refractivity (Wildman–Crippen MR) is 115 cm³/mol. The van der Waals surface area contributed by atoms with E-state index in [4.69, 9.17) is 10.5 Å². The number of benzene rings is 1. The van der Waals surface area contributed by atoms with E-state index in [9.17, 15) is 4.79 Å². The van der Waals surface area contributed by atoms with Crippen molar-refractivity contribution in [1.82, 2.24) is 4.98 Å². The maximum absolute atomic E-state index is 12.7. The molecule has 152 valence electrons. The number of fused-ring (bicyclic) bond motifs is 2. The average molecular weight is 424 g/mol. The molecule has 1 aromatic carbocycles. The summed E-state index contributed by atoms with van der Waals surface area (Å²) in [6, 6.07) is 11.4. The SMILES string of the molecule is Cl.Cl.NC1C2CCCC1CC(C(=O)Nc1ccc(Oc3ccncc3)cc1)C2. The Balaban J connectivity index is 0.00000140. The van der Waals surface area contributed by atoms with Gasteiger partial charge in [0.05, 0.1) is 0 Å². The minimum atomic E-state index is 0. The van der Waals surface area contributed by atoms with Crippen LogP contribution in [0.5, 0.6) is 11.5 Å². The van der Waals surface area contributed by atoms with Gasteiger partial charge in [0.15, 0.2) is 0 Å². The summed E-state index contributed by atoms with van der Waals surface area (Å²) in [5.74, 6) is 2.69. The van der Waals surface area contributed by atoms with Crippen molar-refractivity contribution < 1.29 is 9.53 Å². The summed E-state index contributed by atoms with van der Waals surface area (Å²) in [7, 11) is 0. The molecule has 2 aliphatic carbocycles. The third kappa shape index (κ3) is 5.16. The number of nitrogens with zero attached hydrogens (tertiary/aromatic N) is 1. The molecule has 2 aliphatic rings. The molecule has 2 atom stereocenters. The lowest BCUT2D eigenvalue weighted by Gasteiger charge is -2.43. The molecule has 2 aromatic rings. The molecule has 0 radical (unpaired) electrons. The Labute approximate surface area is 178 Å². The number of rotatable bonds is 4. The van der Waals surface area contributed by atoms with Crippen LogP contribution >= 0.6 is 24.8 Å². The third-order valence-electron chi connectivity index (χ3n) is 5.79. The number of carbonyl (C=O) groups excluding carboxylic acids is 1. The summed E-state index contributed by atoms with van der Waals surface area (Å²) in [5.41, 5.74) is 7.13. The Kier molecular flexibility index (Phi) is 8.10. The first-order chi connectivity index (χ1) is 12.7. The summed E-state index contributed by atoms with van der Waals surface area (Å²) >= 11 is 0. The molecule has 1 heterocycles. The highest BCUT2D eigenvalue weighted by molar-refractivity contribution is 5.92. The number of halogens is 2. The van der Waals surface area contributed by atoms with Gasteiger partial charge in [-0.25, -0.2) is 0 Å². The van der Waals surface area contributed by atoms with Gasteiger partial charge >= 0.3 is 0 Å². The summed E-state index contributed by atoms with van der Waals surface area (Å²) in [6.45, 7) is 0. The number of amides is 1. The fraction of sp³-hybridized carbons (Fsp3) is 0.429. The lowest BCUT2D eigenvalue weighted by atomic mass is 9.65. The zero-order valence-electron chi connectivity index (χ0n) is 15.6. The van der Waals surface area contributed by atoms with Crippen molar-refractivity contribution in [3.8, 4) is 11.5 Å². The van der Waals surface area contributed by atoms with Crippen LogP contribution in [0.1, 0.15) is 32.1 Å². The predicted octanol–water partition coefficient (Wildman–Crippen LogP) is 4.81. The summed E-state index contributed by atoms with van der Waals surface area (Å²) in [4.78, 5) is 16.7. The molecular weight excluding hydrogens is 397 g/mol. The van der Waals surface area contributed by atoms with E-state index in [0.29, 0.717) is 11.8 Å². The summed E-state index contributed by atoms with van der Waals surface area (Å²) in [5, 5.41) is 3.06. The maximum atomic E-state index is 12.7. The van der Waals surface area contributed by atoms with Crippen molar-refractivity contribution in [1.29, 1.82) is 0 Å². The van der Waals surface area contributed by atoms with E-state index in [1.807, 2.05) is 24.3 Å². The van der Waals surface area contributed by atoms with E-state index < -0.39 is 0 Å². The minimum absolute atomic E-state index is 0. The fourth-order valence-corrected chi connectivity index (χ4v) is 4.40. The fourth-order valence-electron chi connectivity index (χ4n) is 4.40. The third-order valence-corrected chi connectivity index (χ3v) is 5.79. The zero-order chi connectivity index (χ0) is 17.9. The second-order valence-electron chi connectivity index (χ2n) is 7.50. The Morgan fingerprint density at radius 3 is 2.14 bits per heavy atom. The van der Waals surface area contributed by atoms with Crippen LogP contribution in [-0.4, -0.2) is 16.9 Å². The number of pyridine rings is 1. The number of hydrogen-bond donors (Lipinski definition) is 2. The van der Waals surface area contributed by atoms with Gasteiger partial charge in [-0.1, -0.05) is 6.42 Å². The van der Waals surface area contributed by atoms with Gasteiger partial charge in [0.1, 0.15) is 11.5 Å². The Morgan fingerprint density at radius 1 is 0.964 bits per heavy atom. The number of aromatic nitrogens is 1. The topological polar surface area (TPSA) is 77.2 Å². The van der Waals surface area contributed by atoms with Gasteiger partial charge in [0.25, 0.3) is 0 Å². The lowest BCUT2D eigenvalue weighted by Crippen LogP contribution is -2.48. The van der Waals surface area contributed by atoms with E-state index >= 15 is 0 Å². The molecule has 2 unspecified atom stereocenters. The first-order valence-electron chi connectivity index (χ1n) is 9.43. The average Bonchev–Trinajstić information content (AvgIpc) is 2.64. The molecule has 0 spiro atoms. The highest BCUT2D eigenvalue weighted by atomic mass is 35.5. The molecule has 3 N–H and O–H groups in total. The van der Waals surface area contributed by atoms with Gasteiger partial charge in [-0.15, -0.1) is 24.8 Å². The standard InChI is InChI=1S/C21H25N3O2.2ClH/c22-20-14-2-1-3-15(20)13-16(12-14)21(25)24-17-4-6-18(7-5-17)26-19-8-10-23-11-9-19;;/h4-11,14-16,20H,1-3,12-13,22H2,(H,24,25);2*1H. The number of hydrogen-bond acceptors (Lipinski definition) is 4. The molecule has 2 fully saturated rings. The second-order valence-corrected chi connectivity index (χ2v) is 7.50. The van der Waals surface area contributed by atoms with Gasteiger partial charge in [-0.3, -0.25) is 9.78 Å². The molecule has 2 bridgehead atoms. The first-order valence-corrected chi connectivity index (χ1v) is 9.43. The van der Waals surface area contributed by atoms with Crippen LogP contribution in [0.4, 0.5) is 5.69 Å².